The molecule has 0 bridgehead atoms. The number of aliphatic hydroxyl groups excluding tert-OH is 1. The first-order valence-corrected chi connectivity index (χ1v) is 7.46. The van der Waals surface area contributed by atoms with E-state index in [0.717, 1.165) is 0 Å². The summed E-state index contributed by atoms with van der Waals surface area (Å²) in [4.78, 5) is 3.97. The number of sulfonamides is 1. The molecule has 0 aliphatic rings. The van der Waals surface area contributed by atoms with Gasteiger partial charge < -0.3 is 9.63 Å². The second-order valence-electron chi connectivity index (χ2n) is 4.25. The number of rotatable bonds is 6. The van der Waals surface area contributed by atoms with Crippen LogP contribution in [0.15, 0.2) is 34.0 Å². The number of hydrogen-bond acceptors (Lipinski definition) is 6. The lowest BCUT2D eigenvalue weighted by atomic mass is 10.2. The van der Waals surface area contributed by atoms with Crippen molar-refractivity contribution in [2.45, 2.75) is 24.8 Å². The van der Waals surface area contributed by atoms with Crippen LogP contribution in [0.25, 0.3) is 0 Å². The van der Waals surface area contributed by atoms with Gasteiger partial charge in [0.2, 0.25) is 16.4 Å². The average Bonchev–Trinajstić information content (AvgIpc) is 2.92. The molecule has 2 N–H and O–H groups in total. The van der Waals surface area contributed by atoms with Crippen LogP contribution in [0.1, 0.15) is 17.0 Å². The van der Waals surface area contributed by atoms with E-state index in [0.29, 0.717) is 23.4 Å². The van der Waals surface area contributed by atoms with Gasteiger partial charge in [0.25, 0.3) is 0 Å². The minimum atomic E-state index is -3.62. The molecule has 0 atom stereocenters. The Balaban J connectivity index is 2.09. The molecule has 0 saturated carbocycles. The van der Waals surface area contributed by atoms with Crippen molar-refractivity contribution >= 4 is 10.0 Å². The summed E-state index contributed by atoms with van der Waals surface area (Å²) in [5.74, 6) is 0.438. The zero-order valence-electron chi connectivity index (χ0n) is 10.9. The molecule has 108 valence electrons. The second-order valence-corrected chi connectivity index (χ2v) is 5.99. The van der Waals surface area contributed by atoms with Gasteiger partial charge in [-0.05, 0) is 24.1 Å². The van der Waals surface area contributed by atoms with Gasteiger partial charge >= 0.3 is 0 Å². The first-order valence-electron chi connectivity index (χ1n) is 5.98. The lowest BCUT2D eigenvalue weighted by Crippen LogP contribution is -2.27. The van der Waals surface area contributed by atoms with Gasteiger partial charge in [-0.25, -0.2) is 13.1 Å². The summed E-state index contributed by atoms with van der Waals surface area (Å²) in [5, 5.41) is 12.7. The molecule has 0 fully saturated rings. The fourth-order valence-electron chi connectivity index (χ4n) is 1.71. The molecule has 20 heavy (non-hydrogen) atoms. The minimum absolute atomic E-state index is 0.164. The molecular formula is C12H15N3O4S. The fraction of sp³-hybridized carbons (Fsp3) is 0.333. The van der Waals surface area contributed by atoms with Gasteiger partial charge in [-0.15, -0.1) is 0 Å². The van der Waals surface area contributed by atoms with Crippen LogP contribution in [-0.4, -0.2) is 30.2 Å². The second kappa shape index (κ2) is 6.12. The maximum Gasteiger partial charge on any atom is 0.240 e. The molecule has 7 nitrogen and oxygen atoms in total. The quantitative estimate of drug-likeness (QED) is 0.799. The zero-order chi connectivity index (χ0) is 14.6. The summed E-state index contributed by atoms with van der Waals surface area (Å²) in [6.45, 7) is 1.67. The van der Waals surface area contributed by atoms with E-state index in [1.54, 1.807) is 19.1 Å². The normalized spacial score (nSPS) is 11.7. The number of aromatic nitrogens is 2. The Morgan fingerprint density at radius 2 is 2.20 bits per heavy atom. The summed E-state index contributed by atoms with van der Waals surface area (Å²) in [6.07, 6.45) is 1.53. The van der Waals surface area contributed by atoms with E-state index in [2.05, 4.69) is 19.4 Å². The van der Waals surface area contributed by atoms with E-state index < -0.39 is 10.0 Å². The molecule has 0 amide bonds. The molecule has 0 radical (unpaired) electrons. The van der Waals surface area contributed by atoms with Gasteiger partial charge in [0.05, 0.1) is 11.5 Å². The Labute approximate surface area is 116 Å². The molecule has 0 saturated heterocycles. The molecule has 8 heteroatoms. The molecule has 1 aromatic heterocycles. The number of hydrogen-bond donors (Lipinski definition) is 2. The van der Waals surface area contributed by atoms with Crippen molar-refractivity contribution < 1.29 is 18.0 Å². The molecule has 0 unspecified atom stereocenters. The van der Waals surface area contributed by atoms with Crippen molar-refractivity contribution in [3.63, 3.8) is 0 Å². The van der Waals surface area contributed by atoms with Crippen molar-refractivity contribution in [1.29, 1.82) is 0 Å². The van der Waals surface area contributed by atoms with Crippen LogP contribution in [0.3, 0.4) is 0 Å². The smallest absolute Gasteiger partial charge is 0.240 e. The number of nitrogens with zero attached hydrogens (tertiary/aromatic N) is 2. The highest BCUT2D eigenvalue weighted by Gasteiger charge is 2.17. The lowest BCUT2D eigenvalue weighted by Gasteiger charge is -2.10. The highest BCUT2D eigenvalue weighted by atomic mass is 32.2. The SMILES string of the molecule is Cc1ccc(CO)cc1S(=O)(=O)NCCc1ncon1. The summed E-state index contributed by atoms with van der Waals surface area (Å²) in [5.41, 5.74) is 1.17. The number of nitrogens with one attached hydrogen (secondary N) is 1. The van der Waals surface area contributed by atoms with Crippen molar-refractivity contribution in [1.82, 2.24) is 14.9 Å². The third-order valence-corrected chi connectivity index (χ3v) is 4.38. The Morgan fingerprint density at radius 1 is 1.40 bits per heavy atom. The Kier molecular flexibility index (Phi) is 4.48. The number of benzene rings is 1. The first kappa shape index (κ1) is 14.6. The summed E-state index contributed by atoms with van der Waals surface area (Å²) in [7, 11) is -3.62. The predicted molar refractivity (Wildman–Crippen MR) is 70.3 cm³/mol. The third-order valence-electron chi connectivity index (χ3n) is 2.77. The molecule has 1 aromatic carbocycles. The summed E-state index contributed by atoms with van der Waals surface area (Å²) < 4.78 is 31.4. The molecule has 0 spiro atoms. The van der Waals surface area contributed by atoms with Crippen molar-refractivity contribution in [3.8, 4) is 0 Å². The lowest BCUT2D eigenvalue weighted by molar-refractivity contribution is 0.281. The molecule has 0 aliphatic carbocycles. The zero-order valence-corrected chi connectivity index (χ0v) is 11.7. The van der Waals surface area contributed by atoms with Gasteiger partial charge in [-0.2, -0.15) is 4.98 Å². The Bertz CT molecular complexity index is 668. The maximum atomic E-state index is 12.2. The van der Waals surface area contributed by atoms with Gasteiger partial charge in [-0.1, -0.05) is 17.3 Å². The predicted octanol–water partition coefficient (Wildman–Crippen LogP) is 0.391. The van der Waals surface area contributed by atoms with Gasteiger partial charge in [0.15, 0.2) is 5.82 Å². The minimum Gasteiger partial charge on any atom is -0.392 e. The largest absolute Gasteiger partial charge is 0.392 e. The van der Waals surface area contributed by atoms with E-state index in [9.17, 15) is 8.42 Å². The van der Waals surface area contributed by atoms with Gasteiger partial charge in [-0.3, -0.25) is 0 Å². The monoisotopic (exact) mass is 297 g/mol. The van der Waals surface area contributed by atoms with Crippen molar-refractivity contribution in [2.75, 3.05) is 6.54 Å². The van der Waals surface area contributed by atoms with Gasteiger partial charge in [0.1, 0.15) is 0 Å². The Morgan fingerprint density at radius 3 is 2.85 bits per heavy atom. The first-order chi connectivity index (χ1) is 9.53. The maximum absolute atomic E-state index is 12.2. The molecule has 2 rings (SSSR count). The van der Waals surface area contributed by atoms with E-state index in [1.165, 1.54) is 12.5 Å². The van der Waals surface area contributed by atoms with Crippen LogP contribution in [0, 0.1) is 6.92 Å². The van der Waals surface area contributed by atoms with E-state index in [-0.39, 0.29) is 18.0 Å². The highest BCUT2D eigenvalue weighted by Crippen LogP contribution is 2.17. The molecule has 2 aromatic rings. The van der Waals surface area contributed by atoms with Crippen LogP contribution in [0.4, 0.5) is 0 Å². The van der Waals surface area contributed by atoms with E-state index >= 15 is 0 Å². The highest BCUT2D eigenvalue weighted by molar-refractivity contribution is 7.89. The molecule has 1 heterocycles. The van der Waals surface area contributed by atoms with Gasteiger partial charge in [0, 0.05) is 13.0 Å². The summed E-state index contributed by atoms with van der Waals surface area (Å²) >= 11 is 0. The average molecular weight is 297 g/mol. The van der Waals surface area contributed by atoms with Crippen LogP contribution in [-0.2, 0) is 23.1 Å². The van der Waals surface area contributed by atoms with Crippen LogP contribution < -0.4 is 4.72 Å². The van der Waals surface area contributed by atoms with E-state index in [4.69, 9.17) is 5.11 Å². The van der Waals surface area contributed by atoms with Crippen molar-refractivity contribution in [3.05, 3.63) is 41.5 Å². The topological polar surface area (TPSA) is 105 Å². The molecule has 0 aliphatic heterocycles. The van der Waals surface area contributed by atoms with E-state index in [1.807, 2.05) is 0 Å². The van der Waals surface area contributed by atoms with Crippen molar-refractivity contribution in [2.24, 2.45) is 0 Å². The summed E-state index contributed by atoms with van der Waals surface area (Å²) in [6, 6.07) is 4.82. The number of aliphatic hydroxyl groups is 1. The Hall–Kier alpha value is -1.77. The molecular weight excluding hydrogens is 282 g/mol. The van der Waals surface area contributed by atoms with Crippen LogP contribution >= 0.6 is 0 Å². The standard InChI is InChI=1S/C12H15N3O4S/c1-9-2-3-10(7-16)6-11(9)20(17,18)14-5-4-12-13-8-19-15-12/h2-3,6,8,14,16H,4-5,7H2,1H3. The fourth-order valence-corrected chi connectivity index (χ4v) is 3.03. The third kappa shape index (κ3) is 3.41. The number of aryl methyl sites for hydroxylation is 1. The van der Waals surface area contributed by atoms with Crippen LogP contribution in [0.5, 0.6) is 0 Å². The van der Waals surface area contributed by atoms with Crippen LogP contribution in [0.2, 0.25) is 0 Å².